The monoisotopic (exact) mass is 492 g/mol. The average molecular weight is 493 g/mol. The number of fused-ring (bicyclic) bond motifs is 1. The summed E-state index contributed by atoms with van der Waals surface area (Å²) in [6.07, 6.45) is 1.34. The van der Waals surface area contributed by atoms with Gasteiger partial charge in [0.1, 0.15) is 11.6 Å². The van der Waals surface area contributed by atoms with E-state index in [1.807, 2.05) is 54.1 Å². The zero-order valence-electron chi connectivity index (χ0n) is 19.9. The van der Waals surface area contributed by atoms with Crippen LogP contribution in [0.25, 0.3) is 16.7 Å². The summed E-state index contributed by atoms with van der Waals surface area (Å²) in [5.74, 6) is 1.72. The summed E-state index contributed by atoms with van der Waals surface area (Å²) in [4.78, 5) is 16.9. The van der Waals surface area contributed by atoms with Crippen LogP contribution in [0.1, 0.15) is 23.9 Å². The standard InChI is InChI=1S/C26H28N4O4S/c1-4-25-28-23-17-21(34-3)11-14-24(23)30(25)20-9-7-19(8-10-20)15-16-27-26(31)29-35(32,33)22-12-5-18(2)6-13-22/h5-14,17H,4,15-16H2,1-3H3,(H2,27,29,31). The predicted octanol–water partition coefficient (Wildman–Crippen LogP) is 4.14. The van der Waals surface area contributed by atoms with Crippen molar-refractivity contribution < 1.29 is 17.9 Å². The van der Waals surface area contributed by atoms with Gasteiger partial charge in [-0.15, -0.1) is 0 Å². The molecular formula is C26H28N4O4S. The van der Waals surface area contributed by atoms with Crippen LogP contribution in [0.4, 0.5) is 4.79 Å². The summed E-state index contributed by atoms with van der Waals surface area (Å²) < 4.78 is 34.2. The highest BCUT2D eigenvalue weighted by atomic mass is 32.2. The lowest BCUT2D eigenvalue weighted by atomic mass is 10.1. The second-order valence-corrected chi connectivity index (χ2v) is 9.84. The molecule has 0 aliphatic rings. The molecule has 1 aromatic heterocycles. The van der Waals surface area contributed by atoms with Gasteiger partial charge in [-0.1, -0.05) is 36.8 Å². The third-order valence-corrected chi connectivity index (χ3v) is 7.05. The third-order valence-electron chi connectivity index (χ3n) is 5.70. The number of aryl methyl sites for hydroxylation is 2. The Bertz CT molecular complexity index is 1440. The Morgan fingerprint density at radius 2 is 1.74 bits per heavy atom. The summed E-state index contributed by atoms with van der Waals surface area (Å²) in [6.45, 7) is 4.22. The van der Waals surface area contributed by atoms with E-state index in [0.29, 0.717) is 13.0 Å². The fraction of sp³-hybridized carbons (Fsp3) is 0.231. The van der Waals surface area contributed by atoms with Crippen LogP contribution >= 0.6 is 0 Å². The molecule has 0 aliphatic heterocycles. The number of benzene rings is 3. The Kier molecular flexibility index (Phi) is 7.07. The minimum Gasteiger partial charge on any atom is -0.497 e. The molecule has 0 aliphatic carbocycles. The fourth-order valence-electron chi connectivity index (χ4n) is 3.83. The molecule has 8 nitrogen and oxygen atoms in total. The van der Waals surface area contributed by atoms with Gasteiger partial charge in [0.25, 0.3) is 10.0 Å². The molecule has 182 valence electrons. The van der Waals surface area contributed by atoms with Crippen molar-refractivity contribution in [2.75, 3.05) is 13.7 Å². The molecule has 2 N–H and O–H groups in total. The minimum absolute atomic E-state index is 0.0470. The van der Waals surface area contributed by atoms with E-state index in [0.717, 1.165) is 45.8 Å². The van der Waals surface area contributed by atoms with Gasteiger partial charge in [0, 0.05) is 24.7 Å². The third kappa shape index (κ3) is 5.46. The Labute approximate surface area is 205 Å². The van der Waals surface area contributed by atoms with Gasteiger partial charge in [-0.25, -0.2) is 22.9 Å². The van der Waals surface area contributed by atoms with E-state index in [1.165, 1.54) is 12.1 Å². The van der Waals surface area contributed by atoms with Crippen molar-refractivity contribution in [1.82, 2.24) is 19.6 Å². The van der Waals surface area contributed by atoms with Crippen LogP contribution in [-0.4, -0.2) is 37.7 Å². The number of methoxy groups -OCH3 is 1. The van der Waals surface area contributed by atoms with Gasteiger partial charge in [-0.3, -0.25) is 4.57 Å². The summed E-state index contributed by atoms with van der Waals surface area (Å²) in [6, 6.07) is 19.4. The fourth-order valence-corrected chi connectivity index (χ4v) is 4.76. The van der Waals surface area contributed by atoms with Crippen molar-refractivity contribution in [3.63, 3.8) is 0 Å². The van der Waals surface area contributed by atoms with Crippen LogP contribution in [0.3, 0.4) is 0 Å². The first kappa shape index (κ1) is 24.3. The van der Waals surface area contributed by atoms with Gasteiger partial charge >= 0.3 is 6.03 Å². The highest BCUT2D eigenvalue weighted by molar-refractivity contribution is 7.90. The molecular weight excluding hydrogens is 464 g/mol. The molecule has 0 unspecified atom stereocenters. The number of hydrogen-bond donors (Lipinski definition) is 2. The number of imidazole rings is 1. The lowest BCUT2D eigenvalue weighted by Crippen LogP contribution is -2.40. The number of carbonyl (C=O) groups excluding carboxylic acids is 1. The summed E-state index contributed by atoms with van der Waals surface area (Å²) in [5.41, 5.74) is 4.82. The molecule has 2 amide bonds. The first-order valence-corrected chi connectivity index (χ1v) is 12.8. The normalized spacial score (nSPS) is 11.4. The first-order chi connectivity index (χ1) is 16.8. The Hall–Kier alpha value is -3.85. The molecule has 0 atom stereocenters. The highest BCUT2D eigenvalue weighted by Crippen LogP contribution is 2.25. The number of sulfonamides is 1. The van der Waals surface area contributed by atoms with Crippen LogP contribution in [0.5, 0.6) is 5.75 Å². The van der Waals surface area contributed by atoms with Crippen molar-refractivity contribution in [3.8, 4) is 11.4 Å². The van der Waals surface area contributed by atoms with Crippen LogP contribution in [0.2, 0.25) is 0 Å². The van der Waals surface area contributed by atoms with Crippen molar-refractivity contribution in [2.45, 2.75) is 31.6 Å². The number of urea groups is 1. The Morgan fingerprint density at radius 3 is 2.40 bits per heavy atom. The molecule has 3 aromatic carbocycles. The largest absolute Gasteiger partial charge is 0.497 e. The molecule has 4 aromatic rings. The SMILES string of the molecule is CCc1nc2cc(OC)ccc2n1-c1ccc(CCNC(=O)NS(=O)(=O)c2ccc(C)cc2)cc1. The highest BCUT2D eigenvalue weighted by Gasteiger charge is 2.17. The Balaban J connectivity index is 1.39. The molecule has 4 rings (SSSR count). The number of aromatic nitrogens is 2. The van der Waals surface area contributed by atoms with Crippen LogP contribution in [0, 0.1) is 6.92 Å². The van der Waals surface area contributed by atoms with Gasteiger partial charge in [-0.05, 0) is 55.3 Å². The van der Waals surface area contributed by atoms with Gasteiger partial charge in [0.15, 0.2) is 0 Å². The smallest absolute Gasteiger partial charge is 0.328 e. The van der Waals surface area contributed by atoms with Crippen molar-refractivity contribution >= 4 is 27.1 Å². The van der Waals surface area contributed by atoms with E-state index in [-0.39, 0.29) is 4.90 Å². The van der Waals surface area contributed by atoms with Gasteiger partial charge in [0.05, 0.1) is 23.0 Å². The number of ether oxygens (including phenoxy) is 1. The van der Waals surface area contributed by atoms with E-state index in [1.54, 1.807) is 19.2 Å². The zero-order valence-corrected chi connectivity index (χ0v) is 20.7. The number of carbonyl (C=O) groups is 1. The maximum absolute atomic E-state index is 12.3. The van der Waals surface area contributed by atoms with Crippen molar-refractivity contribution in [2.24, 2.45) is 0 Å². The zero-order chi connectivity index (χ0) is 25.0. The molecule has 0 saturated heterocycles. The number of rotatable bonds is 8. The molecule has 9 heteroatoms. The number of amides is 2. The summed E-state index contributed by atoms with van der Waals surface area (Å²) in [7, 11) is -2.27. The first-order valence-electron chi connectivity index (χ1n) is 11.3. The molecule has 35 heavy (non-hydrogen) atoms. The molecule has 0 fully saturated rings. The number of hydrogen-bond acceptors (Lipinski definition) is 5. The lowest BCUT2D eigenvalue weighted by molar-refractivity contribution is 0.246. The lowest BCUT2D eigenvalue weighted by Gasteiger charge is -2.11. The molecule has 1 heterocycles. The Morgan fingerprint density at radius 1 is 1.03 bits per heavy atom. The van der Waals surface area contributed by atoms with Gasteiger partial charge in [0.2, 0.25) is 0 Å². The predicted molar refractivity (Wildman–Crippen MR) is 136 cm³/mol. The molecule has 0 radical (unpaired) electrons. The van der Waals surface area contributed by atoms with E-state index in [9.17, 15) is 13.2 Å². The van der Waals surface area contributed by atoms with Crippen LogP contribution < -0.4 is 14.8 Å². The average Bonchev–Trinajstić information content (AvgIpc) is 3.22. The quantitative estimate of drug-likeness (QED) is 0.385. The van der Waals surface area contributed by atoms with E-state index in [4.69, 9.17) is 9.72 Å². The summed E-state index contributed by atoms with van der Waals surface area (Å²) in [5, 5.41) is 2.61. The van der Waals surface area contributed by atoms with Crippen molar-refractivity contribution in [3.05, 3.63) is 83.7 Å². The second kappa shape index (κ2) is 10.2. The second-order valence-electron chi connectivity index (χ2n) is 8.16. The van der Waals surface area contributed by atoms with Crippen LogP contribution in [-0.2, 0) is 22.9 Å². The topological polar surface area (TPSA) is 102 Å². The van der Waals surface area contributed by atoms with Crippen molar-refractivity contribution in [1.29, 1.82) is 0 Å². The summed E-state index contributed by atoms with van der Waals surface area (Å²) >= 11 is 0. The van der Waals surface area contributed by atoms with Gasteiger partial charge in [-0.2, -0.15) is 0 Å². The number of nitrogens with zero attached hydrogens (tertiary/aromatic N) is 2. The maximum atomic E-state index is 12.3. The molecule has 0 bridgehead atoms. The minimum atomic E-state index is -3.91. The molecule has 0 spiro atoms. The van der Waals surface area contributed by atoms with E-state index >= 15 is 0 Å². The van der Waals surface area contributed by atoms with E-state index in [2.05, 4.69) is 16.8 Å². The molecule has 0 saturated carbocycles. The van der Waals surface area contributed by atoms with Gasteiger partial charge < -0.3 is 10.1 Å². The van der Waals surface area contributed by atoms with Crippen LogP contribution in [0.15, 0.2) is 71.6 Å². The number of nitrogens with one attached hydrogen (secondary N) is 2. The van der Waals surface area contributed by atoms with E-state index < -0.39 is 16.1 Å². The maximum Gasteiger partial charge on any atom is 0.328 e.